The Morgan fingerprint density at radius 1 is 1.10 bits per heavy atom. The molecule has 4 heterocycles. The van der Waals surface area contributed by atoms with Gasteiger partial charge < -0.3 is 15.0 Å². The molecule has 0 fully saturated rings. The van der Waals surface area contributed by atoms with Crippen molar-refractivity contribution >= 4 is 16.4 Å². The molecule has 2 N–H and O–H groups in total. The van der Waals surface area contributed by atoms with E-state index >= 15 is 0 Å². The van der Waals surface area contributed by atoms with Gasteiger partial charge in [0.1, 0.15) is 12.4 Å². The Kier molecular flexibility index (Phi) is 4.14. The number of nitrogens with two attached hydrogens (primary N) is 1. The fraction of sp³-hybridized carbons (Fsp3) is 0.150. The van der Waals surface area contributed by atoms with Crippen LogP contribution in [0, 0.1) is 6.92 Å². The molecule has 0 saturated heterocycles. The van der Waals surface area contributed by atoms with Crippen molar-refractivity contribution in [2.24, 2.45) is 5.73 Å². The first kappa shape index (κ1) is 17.3. The summed E-state index contributed by atoms with van der Waals surface area (Å²) < 4.78 is 12.8. The van der Waals surface area contributed by atoms with Crippen LogP contribution in [0.15, 0.2) is 53.2 Å². The molecule has 1 aromatic carbocycles. The van der Waals surface area contributed by atoms with Crippen molar-refractivity contribution in [3.63, 3.8) is 0 Å². The number of rotatable bonds is 5. The normalized spacial score (nSPS) is 11.4. The van der Waals surface area contributed by atoms with E-state index in [4.69, 9.17) is 15.0 Å². The van der Waals surface area contributed by atoms with Crippen LogP contribution in [-0.2, 0) is 13.2 Å². The molecule has 0 unspecified atom stereocenters. The summed E-state index contributed by atoms with van der Waals surface area (Å²) in [6.45, 7) is 2.54. The quantitative estimate of drug-likeness (QED) is 0.489. The van der Waals surface area contributed by atoms with E-state index in [2.05, 4.69) is 25.4 Å². The summed E-state index contributed by atoms with van der Waals surface area (Å²) in [5, 5.41) is 18.9. The van der Waals surface area contributed by atoms with Crippen LogP contribution in [0.2, 0.25) is 0 Å². The van der Waals surface area contributed by atoms with E-state index in [0.29, 0.717) is 35.4 Å². The highest BCUT2D eigenvalue weighted by Crippen LogP contribution is 2.29. The van der Waals surface area contributed by atoms with Crippen LogP contribution in [0.3, 0.4) is 0 Å². The van der Waals surface area contributed by atoms with Gasteiger partial charge in [0.15, 0.2) is 11.3 Å². The third kappa shape index (κ3) is 3.07. The fourth-order valence-corrected chi connectivity index (χ4v) is 3.09. The van der Waals surface area contributed by atoms with E-state index in [1.165, 1.54) is 0 Å². The topological polar surface area (TPSA) is 117 Å². The summed E-state index contributed by atoms with van der Waals surface area (Å²) in [7, 11) is 0. The lowest BCUT2D eigenvalue weighted by atomic mass is 10.2. The minimum Gasteiger partial charge on any atom is -0.470 e. The fourth-order valence-electron chi connectivity index (χ4n) is 3.09. The minimum absolute atomic E-state index is 0.272. The van der Waals surface area contributed by atoms with Crippen LogP contribution < -0.4 is 10.5 Å². The maximum absolute atomic E-state index is 6.03. The highest BCUT2D eigenvalue weighted by molar-refractivity contribution is 5.96. The van der Waals surface area contributed by atoms with Gasteiger partial charge >= 0.3 is 0 Å². The Hall–Kier alpha value is -3.85. The van der Waals surface area contributed by atoms with Gasteiger partial charge in [-0.2, -0.15) is 4.52 Å². The predicted molar refractivity (Wildman–Crippen MR) is 105 cm³/mol. The Morgan fingerprint density at radius 3 is 2.69 bits per heavy atom. The van der Waals surface area contributed by atoms with Gasteiger partial charge in [-0.3, -0.25) is 4.98 Å². The maximum Gasteiger partial charge on any atom is 0.240 e. The average molecular weight is 387 g/mol. The number of ether oxygens (including phenoxy) is 1. The number of pyridine rings is 1. The smallest absolute Gasteiger partial charge is 0.240 e. The molecule has 29 heavy (non-hydrogen) atoms. The zero-order valence-corrected chi connectivity index (χ0v) is 15.6. The van der Waals surface area contributed by atoms with Gasteiger partial charge in [-0.05, 0) is 24.6 Å². The molecule has 4 aromatic heterocycles. The number of aromatic nitrogens is 6. The van der Waals surface area contributed by atoms with Crippen molar-refractivity contribution in [3.8, 4) is 17.4 Å². The van der Waals surface area contributed by atoms with Gasteiger partial charge in [0.25, 0.3) is 0 Å². The Morgan fingerprint density at radius 2 is 1.97 bits per heavy atom. The molecule has 5 rings (SSSR count). The van der Waals surface area contributed by atoms with Crippen LogP contribution in [0.1, 0.15) is 17.0 Å². The first-order chi connectivity index (χ1) is 14.2. The molecule has 0 spiro atoms. The molecule has 0 aliphatic carbocycles. The molecular formula is C20H17N7O2. The molecule has 5 aromatic rings. The Balaban J connectivity index is 1.59. The highest BCUT2D eigenvalue weighted by Gasteiger charge is 2.18. The largest absolute Gasteiger partial charge is 0.470 e. The first-order valence-electron chi connectivity index (χ1n) is 9.07. The van der Waals surface area contributed by atoms with Gasteiger partial charge in [0.2, 0.25) is 11.7 Å². The van der Waals surface area contributed by atoms with Gasteiger partial charge in [-0.25, -0.2) is 0 Å². The lowest BCUT2D eigenvalue weighted by Gasteiger charge is -2.09. The lowest BCUT2D eigenvalue weighted by molar-refractivity contribution is 0.289. The molecule has 0 aliphatic heterocycles. The molecule has 0 atom stereocenters. The van der Waals surface area contributed by atoms with Gasteiger partial charge in [0, 0.05) is 29.6 Å². The molecule has 9 nitrogen and oxygen atoms in total. The second-order valence-electron chi connectivity index (χ2n) is 6.58. The summed E-state index contributed by atoms with van der Waals surface area (Å²) in [5.74, 6) is 1.62. The van der Waals surface area contributed by atoms with E-state index in [1.54, 1.807) is 16.8 Å². The highest BCUT2D eigenvalue weighted by atomic mass is 16.5. The van der Waals surface area contributed by atoms with Crippen molar-refractivity contribution in [1.82, 2.24) is 30.0 Å². The average Bonchev–Trinajstić information content (AvgIpc) is 3.38. The minimum atomic E-state index is 0.272. The van der Waals surface area contributed by atoms with Crippen LogP contribution in [-0.4, -0.2) is 30.0 Å². The lowest BCUT2D eigenvalue weighted by Crippen LogP contribution is -2.05. The van der Waals surface area contributed by atoms with E-state index < -0.39 is 0 Å². The van der Waals surface area contributed by atoms with E-state index in [-0.39, 0.29) is 6.61 Å². The molecule has 9 heteroatoms. The monoisotopic (exact) mass is 387 g/mol. The second kappa shape index (κ2) is 6.95. The summed E-state index contributed by atoms with van der Waals surface area (Å²) in [6.07, 6.45) is 1.75. The summed E-state index contributed by atoms with van der Waals surface area (Å²) in [5.41, 5.74) is 8.55. The molecular weight excluding hydrogens is 370 g/mol. The molecule has 144 valence electrons. The zero-order valence-electron chi connectivity index (χ0n) is 15.6. The van der Waals surface area contributed by atoms with Crippen LogP contribution >= 0.6 is 0 Å². The van der Waals surface area contributed by atoms with Crippen molar-refractivity contribution in [3.05, 3.63) is 65.7 Å². The Labute approximate surface area is 165 Å². The number of aryl methyl sites for hydroxylation is 1. The van der Waals surface area contributed by atoms with E-state index in [0.717, 1.165) is 22.0 Å². The van der Waals surface area contributed by atoms with Crippen molar-refractivity contribution in [1.29, 1.82) is 0 Å². The third-order valence-electron chi connectivity index (χ3n) is 4.57. The third-order valence-corrected chi connectivity index (χ3v) is 4.57. The zero-order chi connectivity index (χ0) is 19.8. The molecule has 0 aliphatic rings. The van der Waals surface area contributed by atoms with Crippen LogP contribution in [0.5, 0.6) is 5.88 Å². The number of fused-ring (bicyclic) bond motifs is 3. The van der Waals surface area contributed by atoms with Gasteiger partial charge in [-0.1, -0.05) is 29.4 Å². The molecule has 0 bridgehead atoms. The molecule has 0 radical (unpaired) electrons. The van der Waals surface area contributed by atoms with Crippen LogP contribution in [0.4, 0.5) is 0 Å². The summed E-state index contributed by atoms with van der Waals surface area (Å²) >= 11 is 0. The predicted octanol–water partition coefficient (Wildman–Crippen LogP) is 2.67. The van der Waals surface area contributed by atoms with E-state index in [1.807, 2.05) is 43.3 Å². The summed E-state index contributed by atoms with van der Waals surface area (Å²) in [4.78, 5) is 4.38. The SMILES string of the molecule is Cc1cc(-c2nnc3c4ccccc4c(OCc4ccc(CN)cn4)nn23)no1. The Bertz CT molecular complexity index is 1310. The maximum atomic E-state index is 6.03. The van der Waals surface area contributed by atoms with E-state index in [9.17, 15) is 0 Å². The van der Waals surface area contributed by atoms with Crippen molar-refractivity contribution < 1.29 is 9.26 Å². The number of hydrogen-bond acceptors (Lipinski definition) is 8. The van der Waals surface area contributed by atoms with Gasteiger partial charge in [0.05, 0.1) is 5.69 Å². The van der Waals surface area contributed by atoms with Crippen molar-refractivity contribution in [2.45, 2.75) is 20.1 Å². The number of nitrogens with zero attached hydrogens (tertiary/aromatic N) is 6. The molecule has 0 amide bonds. The summed E-state index contributed by atoms with van der Waals surface area (Å²) in [6, 6.07) is 13.4. The number of benzene rings is 1. The standard InChI is InChI=1S/C20H17N7O2/c1-12-8-17(26-29-12)19-24-23-18-15-4-2-3-5-16(15)20(25-27(18)19)28-11-14-7-6-13(9-21)10-22-14/h2-8,10H,9,11,21H2,1H3. The second-order valence-corrected chi connectivity index (χ2v) is 6.58. The molecule has 0 saturated carbocycles. The number of hydrogen-bond donors (Lipinski definition) is 1. The van der Waals surface area contributed by atoms with Crippen molar-refractivity contribution in [2.75, 3.05) is 0 Å². The van der Waals surface area contributed by atoms with Crippen LogP contribution in [0.25, 0.3) is 27.9 Å². The first-order valence-corrected chi connectivity index (χ1v) is 9.07. The van der Waals surface area contributed by atoms with Gasteiger partial charge in [-0.15, -0.1) is 15.3 Å².